The number of rotatable bonds is 11. The molecule has 5 N–H and O–H groups in total. The average Bonchev–Trinajstić information content (AvgIpc) is 2.87. The summed E-state index contributed by atoms with van der Waals surface area (Å²) < 4.78 is 5.78. The zero-order valence-electron chi connectivity index (χ0n) is 19.4. The number of hydrogen-bond donors (Lipinski definition) is 5. The maximum atomic E-state index is 13.2. The SMILES string of the molecule is CC(Cc1ccc(OCc2ccccc2)cc1)(NC(=O)O)C(=O)NC(CO)C(O)c1ccccc1. The van der Waals surface area contributed by atoms with E-state index in [0.717, 1.165) is 5.56 Å². The van der Waals surface area contributed by atoms with Gasteiger partial charge in [-0.15, -0.1) is 0 Å². The van der Waals surface area contributed by atoms with Gasteiger partial charge in [-0.1, -0.05) is 72.8 Å². The van der Waals surface area contributed by atoms with Crippen LogP contribution in [-0.2, 0) is 17.8 Å². The molecule has 8 heteroatoms. The smallest absolute Gasteiger partial charge is 0.405 e. The van der Waals surface area contributed by atoms with Crippen LogP contribution < -0.4 is 15.4 Å². The van der Waals surface area contributed by atoms with Crippen LogP contribution in [0.3, 0.4) is 0 Å². The number of carboxylic acid groups (broad SMARTS) is 1. The van der Waals surface area contributed by atoms with Crippen LogP contribution in [0.5, 0.6) is 5.75 Å². The van der Waals surface area contributed by atoms with Crippen LogP contribution in [0.25, 0.3) is 0 Å². The van der Waals surface area contributed by atoms with E-state index in [1.54, 1.807) is 54.6 Å². The summed E-state index contributed by atoms with van der Waals surface area (Å²) in [5.74, 6) is -0.0281. The average molecular weight is 479 g/mol. The second-order valence-electron chi connectivity index (χ2n) is 8.48. The summed E-state index contributed by atoms with van der Waals surface area (Å²) in [6.07, 6.45) is -2.49. The van der Waals surface area contributed by atoms with Crippen LogP contribution in [0, 0.1) is 0 Å². The zero-order valence-corrected chi connectivity index (χ0v) is 19.4. The van der Waals surface area contributed by atoms with E-state index >= 15 is 0 Å². The molecule has 8 nitrogen and oxygen atoms in total. The van der Waals surface area contributed by atoms with Gasteiger partial charge in [0.25, 0.3) is 0 Å². The van der Waals surface area contributed by atoms with E-state index in [0.29, 0.717) is 23.5 Å². The molecule has 0 aliphatic carbocycles. The Morgan fingerprint density at radius 1 is 0.914 bits per heavy atom. The van der Waals surface area contributed by atoms with Gasteiger partial charge in [0.15, 0.2) is 0 Å². The Bertz CT molecular complexity index is 1090. The second kappa shape index (κ2) is 12.0. The molecule has 3 rings (SSSR count). The van der Waals surface area contributed by atoms with Crippen molar-refractivity contribution in [2.75, 3.05) is 6.61 Å². The van der Waals surface area contributed by atoms with Gasteiger partial charge < -0.3 is 30.7 Å². The number of hydrogen-bond acceptors (Lipinski definition) is 5. The lowest BCUT2D eigenvalue weighted by atomic mass is 9.91. The topological polar surface area (TPSA) is 128 Å². The van der Waals surface area contributed by atoms with E-state index < -0.39 is 36.3 Å². The van der Waals surface area contributed by atoms with Crippen molar-refractivity contribution >= 4 is 12.0 Å². The molecule has 0 spiro atoms. The minimum Gasteiger partial charge on any atom is -0.489 e. The van der Waals surface area contributed by atoms with E-state index in [2.05, 4.69) is 10.6 Å². The molecule has 3 aromatic rings. The standard InChI is InChI=1S/C27H30N2O6/c1-27(29-26(33)34,25(32)28-23(17-30)24(31)21-10-6-3-7-11-21)16-19-12-14-22(15-13-19)35-18-20-8-4-2-5-9-20/h2-15,23-24,29-31H,16-18H2,1H3,(H,28,32)(H,33,34). The van der Waals surface area contributed by atoms with Crippen molar-refractivity contribution < 1.29 is 29.6 Å². The maximum absolute atomic E-state index is 13.2. The molecule has 0 saturated heterocycles. The first-order valence-corrected chi connectivity index (χ1v) is 11.2. The fraction of sp³-hybridized carbons (Fsp3) is 0.259. The summed E-state index contributed by atoms with van der Waals surface area (Å²) in [5, 5.41) is 34.6. The van der Waals surface area contributed by atoms with Gasteiger partial charge in [0.2, 0.25) is 5.91 Å². The Morgan fingerprint density at radius 2 is 1.51 bits per heavy atom. The number of ether oxygens (including phenoxy) is 1. The lowest BCUT2D eigenvalue weighted by molar-refractivity contribution is -0.129. The van der Waals surface area contributed by atoms with Crippen LogP contribution >= 0.6 is 0 Å². The third kappa shape index (κ3) is 7.30. The largest absolute Gasteiger partial charge is 0.489 e. The number of carbonyl (C=O) groups excluding carboxylic acids is 1. The third-order valence-corrected chi connectivity index (χ3v) is 5.65. The Labute approximate surface area is 204 Å². The Balaban J connectivity index is 1.69. The van der Waals surface area contributed by atoms with Gasteiger partial charge in [0.1, 0.15) is 24.0 Å². The number of aliphatic hydroxyl groups is 2. The number of nitrogens with one attached hydrogen (secondary N) is 2. The van der Waals surface area contributed by atoms with E-state index in [1.165, 1.54) is 6.92 Å². The first-order valence-electron chi connectivity index (χ1n) is 11.2. The molecule has 0 aliphatic heterocycles. The van der Waals surface area contributed by atoms with E-state index in [1.807, 2.05) is 30.3 Å². The highest BCUT2D eigenvalue weighted by Gasteiger charge is 2.37. The van der Waals surface area contributed by atoms with Crippen LogP contribution in [0.4, 0.5) is 4.79 Å². The molecule has 0 heterocycles. The van der Waals surface area contributed by atoms with Crippen molar-refractivity contribution in [3.8, 4) is 5.75 Å². The number of amides is 2. The predicted molar refractivity (Wildman–Crippen MR) is 131 cm³/mol. The van der Waals surface area contributed by atoms with Crippen molar-refractivity contribution in [3.05, 3.63) is 102 Å². The summed E-state index contributed by atoms with van der Waals surface area (Å²) in [7, 11) is 0. The summed E-state index contributed by atoms with van der Waals surface area (Å²) >= 11 is 0. The van der Waals surface area contributed by atoms with E-state index in [4.69, 9.17) is 4.74 Å². The molecule has 3 atom stereocenters. The van der Waals surface area contributed by atoms with Crippen molar-refractivity contribution in [3.63, 3.8) is 0 Å². The maximum Gasteiger partial charge on any atom is 0.405 e. The van der Waals surface area contributed by atoms with Crippen molar-refractivity contribution in [1.82, 2.24) is 10.6 Å². The van der Waals surface area contributed by atoms with E-state index in [-0.39, 0.29) is 6.42 Å². The van der Waals surface area contributed by atoms with Crippen molar-refractivity contribution in [2.45, 2.75) is 37.6 Å². The Kier molecular flexibility index (Phi) is 8.83. The second-order valence-corrected chi connectivity index (χ2v) is 8.48. The molecule has 0 saturated carbocycles. The third-order valence-electron chi connectivity index (χ3n) is 5.65. The highest BCUT2D eigenvalue weighted by molar-refractivity contribution is 5.89. The first-order chi connectivity index (χ1) is 16.8. The molecule has 0 radical (unpaired) electrons. The summed E-state index contributed by atoms with van der Waals surface area (Å²) in [6, 6.07) is 24.3. The Hall–Kier alpha value is -3.88. The molecule has 0 bridgehead atoms. The number of aliphatic hydroxyl groups excluding tert-OH is 2. The first kappa shape index (κ1) is 25.7. The minimum absolute atomic E-state index is 0.0453. The van der Waals surface area contributed by atoms with Crippen molar-refractivity contribution in [1.29, 1.82) is 0 Å². The van der Waals surface area contributed by atoms with Crippen LogP contribution in [-0.4, -0.2) is 45.5 Å². The summed E-state index contributed by atoms with van der Waals surface area (Å²) in [5.41, 5.74) is 0.697. The minimum atomic E-state index is -1.55. The lowest BCUT2D eigenvalue weighted by Crippen LogP contribution is -2.60. The molecule has 3 unspecified atom stereocenters. The molecular formula is C27H30N2O6. The fourth-order valence-corrected chi connectivity index (χ4v) is 3.70. The fourth-order valence-electron chi connectivity index (χ4n) is 3.70. The van der Waals surface area contributed by atoms with Gasteiger partial charge in [0, 0.05) is 6.42 Å². The molecule has 0 fully saturated rings. The van der Waals surface area contributed by atoms with Crippen molar-refractivity contribution in [2.24, 2.45) is 0 Å². The van der Waals surface area contributed by atoms with Gasteiger partial charge in [-0.2, -0.15) is 0 Å². The molecule has 184 valence electrons. The molecule has 0 aliphatic rings. The molecule has 0 aromatic heterocycles. The highest BCUT2D eigenvalue weighted by atomic mass is 16.5. The highest BCUT2D eigenvalue weighted by Crippen LogP contribution is 2.21. The molecular weight excluding hydrogens is 448 g/mol. The number of benzene rings is 3. The Morgan fingerprint density at radius 3 is 2.09 bits per heavy atom. The zero-order chi connectivity index (χ0) is 25.3. The van der Waals surface area contributed by atoms with Gasteiger partial charge in [0.05, 0.1) is 12.6 Å². The monoisotopic (exact) mass is 478 g/mol. The van der Waals surface area contributed by atoms with Gasteiger partial charge in [-0.25, -0.2) is 4.79 Å². The summed E-state index contributed by atoms with van der Waals surface area (Å²) in [4.78, 5) is 24.6. The molecule has 2 amide bonds. The van der Waals surface area contributed by atoms with Crippen LogP contribution in [0.2, 0.25) is 0 Å². The summed E-state index contributed by atoms with van der Waals surface area (Å²) in [6.45, 7) is 1.34. The van der Waals surface area contributed by atoms with Gasteiger partial charge in [-0.3, -0.25) is 4.79 Å². The molecule has 3 aromatic carbocycles. The quantitative estimate of drug-likeness (QED) is 0.288. The van der Waals surface area contributed by atoms with Crippen LogP contribution in [0.15, 0.2) is 84.9 Å². The predicted octanol–water partition coefficient (Wildman–Crippen LogP) is 3.05. The van der Waals surface area contributed by atoms with Gasteiger partial charge in [-0.05, 0) is 35.7 Å². The lowest BCUT2D eigenvalue weighted by Gasteiger charge is -2.32. The van der Waals surface area contributed by atoms with E-state index in [9.17, 15) is 24.9 Å². The normalized spacial score (nSPS) is 14.3. The number of carbonyl (C=O) groups is 2. The van der Waals surface area contributed by atoms with Crippen LogP contribution in [0.1, 0.15) is 29.7 Å². The molecule has 35 heavy (non-hydrogen) atoms. The van der Waals surface area contributed by atoms with Gasteiger partial charge >= 0.3 is 6.09 Å².